The molecule has 2 rings (SSSR count). The number of nitrogens with one attached hydrogen (secondary N) is 1. The molecule has 0 aromatic carbocycles. The van der Waals surface area contributed by atoms with Gasteiger partial charge in [0.15, 0.2) is 0 Å². The van der Waals surface area contributed by atoms with Crippen LogP contribution in [-0.4, -0.2) is 17.5 Å². The zero-order valence-electron chi connectivity index (χ0n) is 14.0. The van der Waals surface area contributed by atoms with Crippen LogP contribution in [0, 0.1) is 11.8 Å². The summed E-state index contributed by atoms with van der Waals surface area (Å²) in [5.41, 5.74) is 5.43. The van der Waals surface area contributed by atoms with Crippen LogP contribution < -0.4 is 11.1 Å². The minimum absolute atomic E-state index is 0.111. The third-order valence-corrected chi connectivity index (χ3v) is 5.47. The SMILES string of the molecule is CC(C)CC1CCCC(NC2CCCCCC2)(C(N)=O)C1. The summed E-state index contributed by atoms with van der Waals surface area (Å²) in [4.78, 5) is 12.2. The van der Waals surface area contributed by atoms with Crippen LogP contribution in [0.25, 0.3) is 0 Å². The van der Waals surface area contributed by atoms with Crippen LogP contribution in [0.5, 0.6) is 0 Å². The second kappa shape index (κ2) is 7.62. The van der Waals surface area contributed by atoms with E-state index in [0.717, 1.165) is 19.3 Å². The predicted molar refractivity (Wildman–Crippen MR) is 88.0 cm³/mol. The average molecular weight is 294 g/mol. The van der Waals surface area contributed by atoms with Gasteiger partial charge in [-0.25, -0.2) is 0 Å². The first-order chi connectivity index (χ1) is 10.0. The molecule has 0 aromatic rings. The Morgan fingerprint density at radius 3 is 2.38 bits per heavy atom. The molecular formula is C18H34N2O. The number of carbonyl (C=O) groups is 1. The van der Waals surface area contributed by atoms with Crippen molar-refractivity contribution >= 4 is 5.91 Å². The standard InChI is InChI=1S/C18H34N2O/c1-14(2)12-15-8-7-11-18(13-15,17(19)21)20-16-9-5-3-4-6-10-16/h14-16,20H,3-13H2,1-2H3,(H2,19,21). The van der Waals surface area contributed by atoms with Crippen LogP contribution in [0.2, 0.25) is 0 Å². The fourth-order valence-electron chi connectivity index (χ4n) is 4.50. The van der Waals surface area contributed by atoms with Crippen molar-refractivity contribution in [3.8, 4) is 0 Å². The Kier molecular flexibility index (Phi) is 6.09. The van der Waals surface area contributed by atoms with E-state index in [1.807, 2.05) is 0 Å². The first kappa shape index (κ1) is 16.8. The van der Waals surface area contributed by atoms with Gasteiger partial charge in [0.2, 0.25) is 5.91 Å². The lowest BCUT2D eigenvalue weighted by Crippen LogP contribution is -2.60. The molecule has 2 atom stereocenters. The fraction of sp³-hybridized carbons (Fsp3) is 0.944. The highest BCUT2D eigenvalue weighted by Gasteiger charge is 2.42. The number of primary amides is 1. The minimum atomic E-state index is -0.424. The second-order valence-corrected chi connectivity index (χ2v) is 7.87. The van der Waals surface area contributed by atoms with E-state index in [1.54, 1.807) is 0 Å². The Balaban J connectivity index is 2.02. The van der Waals surface area contributed by atoms with Crippen LogP contribution in [0.1, 0.15) is 84.5 Å². The fourth-order valence-corrected chi connectivity index (χ4v) is 4.50. The van der Waals surface area contributed by atoms with Crippen molar-refractivity contribution in [2.24, 2.45) is 17.6 Å². The highest BCUT2D eigenvalue weighted by molar-refractivity contribution is 5.84. The van der Waals surface area contributed by atoms with Gasteiger partial charge in [-0.15, -0.1) is 0 Å². The predicted octanol–water partition coefficient (Wildman–Crippen LogP) is 3.76. The third-order valence-electron chi connectivity index (χ3n) is 5.47. The number of rotatable bonds is 5. The molecule has 122 valence electrons. The minimum Gasteiger partial charge on any atom is -0.368 e. The zero-order chi connectivity index (χ0) is 15.3. The molecule has 0 saturated heterocycles. The Bertz CT molecular complexity index is 334. The molecule has 2 aliphatic rings. The molecule has 0 bridgehead atoms. The molecule has 3 heteroatoms. The van der Waals surface area contributed by atoms with E-state index in [2.05, 4.69) is 19.2 Å². The summed E-state index contributed by atoms with van der Waals surface area (Å²) in [5.74, 6) is 1.25. The van der Waals surface area contributed by atoms with Crippen molar-refractivity contribution in [2.75, 3.05) is 0 Å². The maximum Gasteiger partial charge on any atom is 0.237 e. The summed E-state index contributed by atoms with van der Waals surface area (Å²) in [6, 6.07) is 0.498. The normalized spacial score (nSPS) is 32.0. The summed E-state index contributed by atoms with van der Waals surface area (Å²) in [5, 5.41) is 3.74. The topological polar surface area (TPSA) is 55.1 Å². The Labute approximate surface area is 130 Å². The highest BCUT2D eigenvalue weighted by atomic mass is 16.1. The second-order valence-electron chi connectivity index (χ2n) is 7.87. The number of hydrogen-bond acceptors (Lipinski definition) is 2. The number of amides is 1. The van der Waals surface area contributed by atoms with Gasteiger partial charge in [-0.2, -0.15) is 0 Å². The van der Waals surface area contributed by atoms with Crippen molar-refractivity contribution < 1.29 is 4.79 Å². The van der Waals surface area contributed by atoms with Gasteiger partial charge in [0.1, 0.15) is 0 Å². The lowest BCUT2D eigenvalue weighted by molar-refractivity contribution is -0.127. The van der Waals surface area contributed by atoms with E-state index >= 15 is 0 Å². The van der Waals surface area contributed by atoms with Crippen molar-refractivity contribution in [1.82, 2.24) is 5.32 Å². The highest BCUT2D eigenvalue weighted by Crippen LogP contribution is 2.37. The number of hydrogen-bond donors (Lipinski definition) is 2. The van der Waals surface area contributed by atoms with Crippen LogP contribution in [-0.2, 0) is 4.79 Å². The molecule has 0 heterocycles. The molecule has 3 nitrogen and oxygen atoms in total. The molecular weight excluding hydrogens is 260 g/mol. The van der Waals surface area contributed by atoms with Crippen molar-refractivity contribution in [1.29, 1.82) is 0 Å². The van der Waals surface area contributed by atoms with E-state index in [4.69, 9.17) is 5.73 Å². The molecule has 3 N–H and O–H groups in total. The summed E-state index contributed by atoms with van der Waals surface area (Å²) in [6.45, 7) is 4.55. The first-order valence-electron chi connectivity index (χ1n) is 9.09. The van der Waals surface area contributed by atoms with E-state index in [1.165, 1.54) is 51.4 Å². The zero-order valence-corrected chi connectivity index (χ0v) is 14.0. The Hall–Kier alpha value is -0.570. The lowest BCUT2D eigenvalue weighted by atomic mass is 9.72. The van der Waals surface area contributed by atoms with E-state index in [9.17, 15) is 4.79 Å². The first-order valence-corrected chi connectivity index (χ1v) is 9.09. The van der Waals surface area contributed by atoms with Gasteiger partial charge in [-0.05, 0) is 43.9 Å². The summed E-state index contributed by atoms with van der Waals surface area (Å²) in [7, 11) is 0. The molecule has 0 radical (unpaired) electrons. The van der Waals surface area contributed by atoms with Crippen molar-refractivity contribution in [3.63, 3.8) is 0 Å². The lowest BCUT2D eigenvalue weighted by Gasteiger charge is -2.42. The van der Waals surface area contributed by atoms with Crippen LogP contribution in [0.4, 0.5) is 0 Å². The molecule has 2 unspecified atom stereocenters. The summed E-state index contributed by atoms with van der Waals surface area (Å²) >= 11 is 0. The van der Waals surface area contributed by atoms with Gasteiger partial charge in [-0.3, -0.25) is 4.79 Å². The summed E-state index contributed by atoms with van der Waals surface area (Å²) < 4.78 is 0. The Morgan fingerprint density at radius 2 is 1.81 bits per heavy atom. The molecule has 21 heavy (non-hydrogen) atoms. The van der Waals surface area contributed by atoms with Crippen molar-refractivity contribution in [2.45, 2.75) is 96.1 Å². The smallest absolute Gasteiger partial charge is 0.237 e. The van der Waals surface area contributed by atoms with E-state index in [0.29, 0.717) is 17.9 Å². The maximum atomic E-state index is 12.2. The van der Waals surface area contributed by atoms with Crippen LogP contribution in [0.15, 0.2) is 0 Å². The van der Waals surface area contributed by atoms with Crippen molar-refractivity contribution in [3.05, 3.63) is 0 Å². The molecule has 1 amide bonds. The van der Waals surface area contributed by atoms with E-state index in [-0.39, 0.29) is 5.91 Å². The van der Waals surface area contributed by atoms with Gasteiger partial charge < -0.3 is 11.1 Å². The van der Waals surface area contributed by atoms with E-state index < -0.39 is 5.54 Å². The van der Waals surface area contributed by atoms with Gasteiger partial charge in [-0.1, -0.05) is 52.4 Å². The van der Waals surface area contributed by atoms with Crippen LogP contribution >= 0.6 is 0 Å². The monoisotopic (exact) mass is 294 g/mol. The average Bonchev–Trinajstić information content (AvgIpc) is 2.66. The van der Waals surface area contributed by atoms with Crippen LogP contribution in [0.3, 0.4) is 0 Å². The Morgan fingerprint density at radius 1 is 1.14 bits per heavy atom. The molecule has 0 spiro atoms. The van der Waals surface area contributed by atoms with Gasteiger partial charge >= 0.3 is 0 Å². The van der Waals surface area contributed by atoms with Gasteiger partial charge in [0.05, 0.1) is 5.54 Å². The van der Waals surface area contributed by atoms with Gasteiger partial charge in [0, 0.05) is 6.04 Å². The quantitative estimate of drug-likeness (QED) is 0.759. The largest absolute Gasteiger partial charge is 0.368 e. The maximum absolute atomic E-state index is 12.2. The third kappa shape index (κ3) is 4.70. The molecule has 0 aromatic heterocycles. The molecule has 0 aliphatic heterocycles. The molecule has 2 fully saturated rings. The molecule has 2 aliphatic carbocycles. The molecule has 2 saturated carbocycles. The summed E-state index contributed by atoms with van der Waals surface area (Å²) in [6.07, 6.45) is 13.2. The van der Waals surface area contributed by atoms with Gasteiger partial charge in [0.25, 0.3) is 0 Å². The number of nitrogens with two attached hydrogens (primary N) is 1. The number of carbonyl (C=O) groups excluding carboxylic acids is 1.